The summed E-state index contributed by atoms with van der Waals surface area (Å²) in [4.78, 5) is 0. The van der Waals surface area contributed by atoms with E-state index in [1.165, 1.54) is 51.4 Å². The lowest BCUT2D eigenvalue weighted by atomic mass is 10.4. The van der Waals surface area contributed by atoms with Crippen LogP contribution in [-0.4, -0.2) is 42.2 Å². The fraction of sp³-hybridized carbons (Fsp3) is 1.00. The van der Waals surface area contributed by atoms with E-state index in [1.54, 1.807) is 24.6 Å². The zero-order valence-electron chi connectivity index (χ0n) is 16.4. The van der Waals surface area contributed by atoms with Crippen LogP contribution in [0.3, 0.4) is 0 Å². The quantitative estimate of drug-likeness (QED) is 0.293. The van der Waals surface area contributed by atoms with Crippen LogP contribution in [-0.2, 0) is 10.4 Å². The van der Waals surface area contributed by atoms with E-state index < -0.39 is 17.7 Å². The summed E-state index contributed by atoms with van der Waals surface area (Å²) < 4.78 is 32.8. The Kier molecular flexibility index (Phi) is 26.7. The molecule has 0 saturated heterocycles. The Bertz CT molecular complexity index is 297. The van der Waals surface area contributed by atoms with Gasteiger partial charge >= 0.3 is 0 Å². The highest BCUT2D eigenvalue weighted by molar-refractivity contribution is 7.79. The maximum Gasteiger partial charge on any atom is 0.215 e. The first-order chi connectivity index (χ1) is 10.2. The SMILES string of the molecule is CCCC[P+](CCCC)(CCCC)CCCC.O=S(=O)([O-])O.[Cl-].[NH4+]. The van der Waals surface area contributed by atoms with Crippen molar-refractivity contribution in [3.8, 4) is 0 Å². The van der Waals surface area contributed by atoms with Crippen LogP contribution in [0, 0.1) is 0 Å². The summed E-state index contributed by atoms with van der Waals surface area (Å²) >= 11 is 0. The van der Waals surface area contributed by atoms with Crippen molar-refractivity contribution >= 4 is 17.7 Å². The predicted molar refractivity (Wildman–Crippen MR) is 104 cm³/mol. The molecule has 0 fully saturated rings. The smallest absolute Gasteiger partial charge is 0.215 e. The molecule has 0 radical (unpaired) electrons. The summed E-state index contributed by atoms with van der Waals surface area (Å²) in [5.74, 6) is 0. The van der Waals surface area contributed by atoms with Gasteiger partial charge in [0.2, 0.25) is 10.4 Å². The Labute approximate surface area is 157 Å². The minimum atomic E-state index is -4.92. The number of unbranched alkanes of at least 4 members (excludes halogenated alkanes) is 4. The Hall–Kier alpha value is 0.550. The van der Waals surface area contributed by atoms with Crippen LogP contribution >= 0.6 is 7.26 Å². The second-order valence-electron chi connectivity index (χ2n) is 6.08. The molecule has 0 rings (SSSR count). The molecule has 0 amide bonds. The number of hydrogen-bond donors (Lipinski definition) is 2. The van der Waals surface area contributed by atoms with Gasteiger partial charge in [-0.05, 0) is 25.7 Å². The van der Waals surface area contributed by atoms with Crippen molar-refractivity contribution < 1.29 is 29.9 Å². The largest absolute Gasteiger partial charge is 1.00 e. The molecule has 0 heterocycles. The Morgan fingerprint density at radius 2 is 0.917 bits per heavy atom. The number of quaternary nitrogens is 1. The molecule has 0 aliphatic rings. The first-order valence-electron chi connectivity index (χ1n) is 8.78. The van der Waals surface area contributed by atoms with Crippen molar-refractivity contribution in [1.29, 1.82) is 0 Å². The normalized spacial score (nSPS) is 10.9. The average molecular weight is 410 g/mol. The predicted octanol–water partition coefficient (Wildman–Crippen LogP) is 2.59. The molecule has 0 bridgehead atoms. The second kappa shape index (κ2) is 19.9. The molecule has 0 aliphatic carbocycles. The summed E-state index contributed by atoms with van der Waals surface area (Å²) in [6.45, 7) is 9.42. The third-order valence-corrected chi connectivity index (χ3v) is 9.00. The molecule has 0 spiro atoms. The highest BCUT2D eigenvalue weighted by Crippen LogP contribution is 2.61. The van der Waals surface area contributed by atoms with Crippen molar-refractivity contribution in [1.82, 2.24) is 6.15 Å². The van der Waals surface area contributed by atoms with E-state index in [2.05, 4.69) is 27.7 Å². The van der Waals surface area contributed by atoms with Gasteiger partial charge in [0.25, 0.3) is 0 Å². The summed E-state index contributed by atoms with van der Waals surface area (Å²) in [5.41, 5.74) is 0. The van der Waals surface area contributed by atoms with Gasteiger partial charge in [-0.25, -0.2) is 8.42 Å². The molecule has 0 aromatic heterocycles. The fourth-order valence-electron chi connectivity index (χ4n) is 2.64. The van der Waals surface area contributed by atoms with Gasteiger partial charge in [-0.2, -0.15) is 0 Å². The Morgan fingerprint density at radius 3 is 1.04 bits per heavy atom. The monoisotopic (exact) mass is 409 g/mol. The molecule has 0 saturated carbocycles. The molecule has 0 aromatic rings. The molecule has 24 heavy (non-hydrogen) atoms. The number of rotatable bonds is 12. The molecule has 5 N–H and O–H groups in total. The van der Waals surface area contributed by atoms with Gasteiger partial charge in [0.15, 0.2) is 0 Å². The van der Waals surface area contributed by atoms with Crippen LogP contribution in [0.4, 0.5) is 0 Å². The second-order valence-corrected chi connectivity index (χ2v) is 11.4. The van der Waals surface area contributed by atoms with Gasteiger partial charge in [0.05, 0.1) is 24.6 Å². The molecule has 0 aliphatic heterocycles. The van der Waals surface area contributed by atoms with Crippen LogP contribution in [0.1, 0.15) is 79.1 Å². The van der Waals surface area contributed by atoms with Crippen LogP contribution < -0.4 is 18.6 Å². The van der Waals surface area contributed by atoms with E-state index in [9.17, 15) is 0 Å². The number of halogens is 1. The highest BCUT2D eigenvalue weighted by Gasteiger charge is 2.34. The lowest BCUT2D eigenvalue weighted by molar-refractivity contribution is -0.0000125. The van der Waals surface area contributed by atoms with Crippen molar-refractivity contribution in [2.24, 2.45) is 0 Å². The minimum Gasteiger partial charge on any atom is -1.00 e. The molecule has 0 atom stereocenters. The lowest BCUT2D eigenvalue weighted by Crippen LogP contribution is -3.00. The molecule has 152 valence electrons. The average Bonchev–Trinajstić information content (AvgIpc) is 2.44. The first-order valence-corrected chi connectivity index (χ1v) is 12.7. The van der Waals surface area contributed by atoms with Gasteiger partial charge < -0.3 is 23.1 Å². The van der Waals surface area contributed by atoms with Gasteiger partial charge in [-0.3, -0.25) is 4.55 Å². The van der Waals surface area contributed by atoms with E-state index in [0.717, 1.165) is 0 Å². The van der Waals surface area contributed by atoms with E-state index >= 15 is 0 Å². The van der Waals surface area contributed by atoms with Gasteiger partial charge in [0, 0.05) is 7.26 Å². The van der Waals surface area contributed by atoms with E-state index in [1.807, 2.05) is 0 Å². The van der Waals surface area contributed by atoms with E-state index in [4.69, 9.17) is 17.5 Å². The van der Waals surface area contributed by atoms with E-state index in [-0.39, 0.29) is 18.6 Å². The topological polar surface area (TPSA) is 114 Å². The Morgan fingerprint density at radius 1 is 0.750 bits per heavy atom. The zero-order chi connectivity index (χ0) is 17.5. The third kappa shape index (κ3) is 24.8. The summed E-state index contributed by atoms with van der Waals surface area (Å²) in [5, 5.41) is 0. The maximum atomic E-state index is 8.63. The molecule has 8 heteroatoms. The van der Waals surface area contributed by atoms with E-state index in [0.29, 0.717) is 0 Å². The molecule has 5 nitrogen and oxygen atoms in total. The van der Waals surface area contributed by atoms with Crippen molar-refractivity contribution in [3.05, 3.63) is 0 Å². The molecule has 0 unspecified atom stereocenters. The lowest BCUT2D eigenvalue weighted by Gasteiger charge is -2.28. The summed E-state index contributed by atoms with van der Waals surface area (Å²) in [7, 11) is -5.48. The standard InChI is InChI=1S/C16H36P.ClH.H3N.H2O4S/c1-5-9-13-17(14-10-6-2,15-11-7-3)16-12-8-4;;;1-5(2,3)4/h5-16H2,1-4H3;1H;1H3;(H2,1,2,3,4)/q+1;;;/p-1. The summed E-state index contributed by atoms with van der Waals surface area (Å²) in [6, 6.07) is 0. The third-order valence-electron chi connectivity index (χ3n) is 3.94. The Balaban J connectivity index is -0.000000250. The zero-order valence-corrected chi connectivity index (χ0v) is 18.9. The van der Waals surface area contributed by atoms with Gasteiger partial charge in [-0.1, -0.05) is 53.4 Å². The molecular weight excluding hydrogens is 369 g/mol. The maximum absolute atomic E-state index is 8.63. The van der Waals surface area contributed by atoms with Crippen LogP contribution in [0.5, 0.6) is 0 Å². The van der Waals surface area contributed by atoms with Gasteiger partial charge in [0.1, 0.15) is 0 Å². The van der Waals surface area contributed by atoms with Gasteiger partial charge in [-0.15, -0.1) is 0 Å². The van der Waals surface area contributed by atoms with Crippen molar-refractivity contribution in [2.75, 3.05) is 24.6 Å². The fourth-order valence-corrected chi connectivity index (χ4v) is 7.93. The summed E-state index contributed by atoms with van der Waals surface area (Å²) in [6.07, 6.45) is 17.9. The van der Waals surface area contributed by atoms with Crippen molar-refractivity contribution in [3.63, 3.8) is 0 Å². The first kappa shape index (κ1) is 32.2. The molecule has 0 aromatic carbocycles. The minimum absolute atomic E-state index is 0. The van der Waals surface area contributed by atoms with Crippen LogP contribution in [0.15, 0.2) is 0 Å². The highest BCUT2D eigenvalue weighted by atomic mass is 35.5. The van der Waals surface area contributed by atoms with Crippen LogP contribution in [0.2, 0.25) is 0 Å². The van der Waals surface area contributed by atoms with Crippen LogP contribution in [0.25, 0.3) is 0 Å². The molecular formula is C16H41ClNO4PS. The number of hydrogen-bond acceptors (Lipinski definition) is 3. The van der Waals surface area contributed by atoms with Crippen molar-refractivity contribution in [2.45, 2.75) is 79.1 Å².